The molecule has 0 aliphatic carbocycles. The molecule has 0 aliphatic rings. The zero-order valence-corrected chi connectivity index (χ0v) is 10.9. The van der Waals surface area contributed by atoms with Crippen molar-refractivity contribution in [2.45, 2.75) is 38.0 Å². The monoisotopic (exact) mass is 318 g/mol. The van der Waals surface area contributed by atoms with Crippen LogP contribution in [0.5, 0.6) is 0 Å². The van der Waals surface area contributed by atoms with Crippen LogP contribution >= 0.6 is 7.82 Å². The number of halogens is 6. The standard InChI is InChI=1S/C8H13F6O4P/c1-5(9)7(11,12)3-17-19(15,16)18-4-8(13,14)6(2)10/h5-6H,3-4H2,1-2H3,(H,15,16). The second-order valence-electron chi connectivity index (χ2n) is 3.77. The van der Waals surface area contributed by atoms with Crippen LogP contribution < -0.4 is 0 Å². The summed E-state index contributed by atoms with van der Waals surface area (Å²) in [4.78, 5) is 8.80. The molecule has 2 unspecified atom stereocenters. The van der Waals surface area contributed by atoms with Crippen LogP contribution in [0.15, 0.2) is 0 Å². The van der Waals surface area contributed by atoms with Gasteiger partial charge in [-0.05, 0) is 13.8 Å². The quantitative estimate of drug-likeness (QED) is 0.552. The van der Waals surface area contributed by atoms with E-state index >= 15 is 0 Å². The number of hydrogen-bond acceptors (Lipinski definition) is 3. The molecule has 2 atom stereocenters. The predicted octanol–water partition coefficient (Wildman–Crippen LogP) is 3.11. The summed E-state index contributed by atoms with van der Waals surface area (Å²) in [7, 11) is -5.26. The number of hydrogen-bond donors (Lipinski definition) is 1. The zero-order valence-electron chi connectivity index (χ0n) is 9.96. The zero-order chi connectivity index (χ0) is 15.5. The summed E-state index contributed by atoms with van der Waals surface area (Å²) in [5.41, 5.74) is 0. The lowest BCUT2D eigenvalue weighted by molar-refractivity contribution is -0.114. The van der Waals surface area contributed by atoms with Gasteiger partial charge in [-0.1, -0.05) is 0 Å². The SMILES string of the molecule is CC(F)C(F)(F)COP(=O)(O)OCC(F)(F)C(C)F. The van der Waals surface area contributed by atoms with Crippen molar-refractivity contribution in [3.8, 4) is 0 Å². The van der Waals surface area contributed by atoms with Gasteiger partial charge in [-0.25, -0.2) is 30.9 Å². The van der Waals surface area contributed by atoms with Gasteiger partial charge in [0.05, 0.1) is 0 Å². The van der Waals surface area contributed by atoms with Crippen molar-refractivity contribution in [2.75, 3.05) is 13.2 Å². The molecule has 0 rings (SSSR count). The first-order valence-electron chi connectivity index (χ1n) is 4.96. The summed E-state index contributed by atoms with van der Waals surface area (Å²) >= 11 is 0. The van der Waals surface area contributed by atoms with Crippen molar-refractivity contribution in [2.24, 2.45) is 0 Å². The van der Waals surface area contributed by atoms with Gasteiger partial charge in [-0.15, -0.1) is 0 Å². The average Bonchev–Trinajstić information content (AvgIpc) is 2.24. The van der Waals surface area contributed by atoms with E-state index in [4.69, 9.17) is 4.89 Å². The largest absolute Gasteiger partial charge is 0.472 e. The normalized spacial score (nSPS) is 19.8. The molecule has 0 saturated carbocycles. The molecule has 0 aromatic rings. The Morgan fingerprint density at radius 3 is 1.47 bits per heavy atom. The molecule has 0 aromatic carbocycles. The fourth-order valence-corrected chi connectivity index (χ4v) is 1.35. The highest BCUT2D eigenvalue weighted by molar-refractivity contribution is 7.47. The van der Waals surface area contributed by atoms with Crippen LogP contribution in [0.25, 0.3) is 0 Å². The number of alkyl halides is 6. The topological polar surface area (TPSA) is 55.8 Å². The molecule has 1 N–H and O–H groups in total. The molecule has 0 radical (unpaired) electrons. The highest BCUT2D eigenvalue weighted by Gasteiger charge is 2.43. The van der Waals surface area contributed by atoms with Crippen molar-refractivity contribution in [1.29, 1.82) is 0 Å². The van der Waals surface area contributed by atoms with Crippen LogP contribution in [0.1, 0.15) is 13.8 Å². The van der Waals surface area contributed by atoms with Gasteiger partial charge < -0.3 is 4.89 Å². The van der Waals surface area contributed by atoms with E-state index in [9.17, 15) is 30.9 Å². The molecule has 0 amide bonds. The third-order valence-electron chi connectivity index (χ3n) is 2.00. The minimum atomic E-state index is -5.26. The lowest BCUT2D eigenvalue weighted by Crippen LogP contribution is -2.34. The number of phosphoric ester groups is 1. The Kier molecular flexibility index (Phi) is 6.32. The first-order chi connectivity index (χ1) is 8.30. The summed E-state index contributed by atoms with van der Waals surface area (Å²) in [6.07, 6.45) is -5.36. The fraction of sp³-hybridized carbons (Fsp3) is 1.00. The fourth-order valence-electron chi connectivity index (χ4n) is 0.602. The van der Waals surface area contributed by atoms with Crippen molar-refractivity contribution >= 4 is 7.82 Å². The van der Waals surface area contributed by atoms with Crippen molar-refractivity contribution in [3.05, 3.63) is 0 Å². The Balaban J connectivity index is 4.39. The maximum Gasteiger partial charge on any atom is 0.472 e. The van der Waals surface area contributed by atoms with E-state index in [1.165, 1.54) is 0 Å². The van der Waals surface area contributed by atoms with Crippen molar-refractivity contribution in [3.63, 3.8) is 0 Å². The summed E-state index contributed by atoms with van der Waals surface area (Å²) < 4.78 is 93.7. The van der Waals surface area contributed by atoms with Crippen LogP contribution in [0.4, 0.5) is 26.3 Å². The van der Waals surface area contributed by atoms with Crippen molar-refractivity contribution in [1.82, 2.24) is 0 Å². The summed E-state index contributed by atoms with van der Waals surface area (Å²) in [6.45, 7) is -2.72. The first kappa shape index (κ1) is 18.7. The van der Waals surface area contributed by atoms with E-state index in [0.717, 1.165) is 0 Å². The maximum atomic E-state index is 12.7. The highest BCUT2D eigenvalue weighted by Crippen LogP contribution is 2.46. The molecule has 0 aliphatic heterocycles. The molecular formula is C8H13F6O4P. The van der Waals surface area contributed by atoms with Gasteiger partial charge in [0.15, 0.2) is 12.3 Å². The molecular weight excluding hydrogens is 305 g/mol. The van der Waals surface area contributed by atoms with Gasteiger partial charge >= 0.3 is 19.7 Å². The maximum absolute atomic E-state index is 12.7. The van der Waals surface area contributed by atoms with E-state index in [-0.39, 0.29) is 0 Å². The second kappa shape index (κ2) is 6.43. The molecule has 0 aromatic heterocycles. The van der Waals surface area contributed by atoms with Gasteiger partial charge in [0, 0.05) is 0 Å². The van der Waals surface area contributed by atoms with Crippen LogP contribution in [-0.4, -0.2) is 42.3 Å². The molecule has 0 spiro atoms. The molecule has 11 heteroatoms. The van der Waals surface area contributed by atoms with Gasteiger partial charge in [-0.3, -0.25) is 9.05 Å². The Morgan fingerprint density at radius 2 is 1.26 bits per heavy atom. The lowest BCUT2D eigenvalue weighted by Gasteiger charge is -2.22. The van der Waals surface area contributed by atoms with Crippen LogP contribution in [0, 0.1) is 0 Å². The van der Waals surface area contributed by atoms with E-state index < -0.39 is 45.2 Å². The van der Waals surface area contributed by atoms with E-state index in [1.807, 2.05) is 0 Å². The summed E-state index contributed by atoms with van der Waals surface area (Å²) in [5, 5.41) is 0. The van der Waals surface area contributed by atoms with E-state index in [2.05, 4.69) is 9.05 Å². The molecule has 0 heterocycles. The molecule has 19 heavy (non-hydrogen) atoms. The molecule has 4 nitrogen and oxygen atoms in total. The van der Waals surface area contributed by atoms with E-state index in [1.54, 1.807) is 0 Å². The summed E-state index contributed by atoms with van der Waals surface area (Å²) in [5.74, 6) is -8.17. The minimum Gasteiger partial charge on any atom is -0.302 e. The molecule has 116 valence electrons. The molecule has 0 bridgehead atoms. The Morgan fingerprint density at radius 1 is 1.00 bits per heavy atom. The molecule has 0 saturated heterocycles. The first-order valence-corrected chi connectivity index (χ1v) is 6.45. The Bertz CT molecular complexity index is 307. The van der Waals surface area contributed by atoms with E-state index in [0.29, 0.717) is 13.8 Å². The number of phosphoric acid groups is 1. The second-order valence-corrected chi connectivity index (χ2v) is 5.22. The lowest BCUT2D eigenvalue weighted by atomic mass is 10.2. The van der Waals surface area contributed by atoms with Crippen molar-refractivity contribution < 1.29 is 44.8 Å². The third-order valence-corrected chi connectivity index (χ3v) is 2.91. The minimum absolute atomic E-state index is 0.478. The smallest absolute Gasteiger partial charge is 0.302 e. The van der Waals surface area contributed by atoms with Crippen LogP contribution in [0.3, 0.4) is 0 Å². The summed E-state index contributed by atoms with van der Waals surface area (Å²) in [6, 6.07) is 0. The predicted molar refractivity (Wildman–Crippen MR) is 52.8 cm³/mol. The Labute approximate surface area is 105 Å². The number of rotatable bonds is 8. The van der Waals surface area contributed by atoms with Crippen LogP contribution in [0.2, 0.25) is 0 Å². The highest BCUT2D eigenvalue weighted by atomic mass is 31.2. The third kappa shape index (κ3) is 6.60. The van der Waals surface area contributed by atoms with Gasteiger partial charge in [0.25, 0.3) is 0 Å². The van der Waals surface area contributed by atoms with Gasteiger partial charge in [0.1, 0.15) is 13.2 Å². The van der Waals surface area contributed by atoms with Crippen LogP contribution in [-0.2, 0) is 13.6 Å². The van der Waals surface area contributed by atoms with Gasteiger partial charge in [-0.2, -0.15) is 0 Å². The average molecular weight is 318 g/mol. The van der Waals surface area contributed by atoms with Gasteiger partial charge in [0.2, 0.25) is 0 Å². The Hall–Kier alpha value is -0.310. The molecule has 0 fully saturated rings.